The van der Waals surface area contributed by atoms with Crippen LogP contribution in [0.5, 0.6) is 11.5 Å². The van der Waals surface area contributed by atoms with E-state index in [0.29, 0.717) is 17.2 Å². The van der Waals surface area contributed by atoms with Crippen LogP contribution in [0.1, 0.15) is 15.9 Å². The number of Topliss-reactive ketones (excluding diaryl/α,β-unsaturated/α-hetero) is 1. The first-order valence-corrected chi connectivity index (χ1v) is 12.1. The van der Waals surface area contributed by atoms with E-state index in [9.17, 15) is 24.5 Å². The van der Waals surface area contributed by atoms with E-state index in [2.05, 4.69) is 0 Å². The molecule has 2 fully saturated rings. The molecule has 3 aromatic rings. The monoisotopic (exact) mass is 509 g/mol. The van der Waals surface area contributed by atoms with Crippen molar-refractivity contribution in [2.45, 2.75) is 12.1 Å². The van der Waals surface area contributed by atoms with Crippen molar-refractivity contribution in [2.75, 3.05) is 16.6 Å². The second kappa shape index (κ2) is 8.01. The van der Waals surface area contributed by atoms with Gasteiger partial charge in [0, 0.05) is 29.4 Å². The molecular weight excluding hydrogens is 490 g/mol. The Bertz CT molecular complexity index is 1600. The first kappa shape index (κ1) is 22.2. The molecular formula is C28H19N3O7. The Hall–Kier alpha value is -4.99. The summed E-state index contributed by atoms with van der Waals surface area (Å²) in [6.07, 6.45) is 3.75. The van der Waals surface area contributed by atoms with Crippen LogP contribution in [-0.2, 0) is 9.59 Å². The Morgan fingerprint density at radius 2 is 1.71 bits per heavy atom. The van der Waals surface area contributed by atoms with Gasteiger partial charge in [-0.25, -0.2) is 4.90 Å². The zero-order valence-corrected chi connectivity index (χ0v) is 19.7. The smallest absolute Gasteiger partial charge is 0.270 e. The van der Waals surface area contributed by atoms with E-state index < -0.39 is 46.4 Å². The van der Waals surface area contributed by atoms with Gasteiger partial charge in [0.05, 0.1) is 28.5 Å². The molecule has 0 aliphatic carbocycles. The van der Waals surface area contributed by atoms with Crippen molar-refractivity contribution in [2.24, 2.45) is 11.8 Å². The molecule has 38 heavy (non-hydrogen) atoms. The number of carbonyl (C=O) groups excluding carboxylic acids is 3. The number of non-ortho nitro benzene ring substituents is 1. The van der Waals surface area contributed by atoms with Gasteiger partial charge in [-0.05, 0) is 23.8 Å². The van der Waals surface area contributed by atoms with Crippen molar-refractivity contribution in [1.29, 1.82) is 0 Å². The fourth-order valence-corrected chi connectivity index (χ4v) is 6.04. The van der Waals surface area contributed by atoms with Crippen LogP contribution < -0.4 is 19.3 Å². The van der Waals surface area contributed by atoms with Gasteiger partial charge in [-0.2, -0.15) is 0 Å². The lowest BCUT2D eigenvalue weighted by molar-refractivity contribution is -0.384. The van der Waals surface area contributed by atoms with Gasteiger partial charge in [-0.3, -0.25) is 24.5 Å². The Kier molecular flexibility index (Phi) is 4.68. The molecule has 10 heteroatoms. The molecule has 0 aromatic heterocycles. The number of amides is 2. The van der Waals surface area contributed by atoms with Crippen molar-refractivity contribution in [1.82, 2.24) is 0 Å². The number of hydrogen-bond donors (Lipinski definition) is 0. The lowest BCUT2D eigenvalue weighted by Gasteiger charge is -2.36. The maximum atomic E-state index is 14.1. The van der Waals surface area contributed by atoms with Gasteiger partial charge in [0.15, 0.2) is 17.3 Å². The molecule has 4 atom stereocenters. The molecule has 188 valence electrons. The Morgan fingerprint density at radius 1 is 0.921 bits per heavy atom. The summed E-state index contributed by atoms with van der Waals surface area (Å²) in [4.78, 5) is 55.7. The highest BCUT2D eigenvalue weighted by molar-refractivity contribution is 6.25. The molecule has 4 aliphatic rings. The summed E-state index contributed by atoms with van der Waals surface area (Å²) in [7, 11) is 0. The number of carbonyl (C=O) groups is 3. The van der Waals surface area contributed by atoms with E-state index in [1.54, 1.807) is 18.2 Å². The Balaban J connectivity index is 1.35. The topological polar surface area (TPSA) is 119 Å². The third kappa shape index (κ3) is 3.03. The first-order valence-electron chi connectivity index (χ1n) is 12.1. The Morgan fingerprint density at radius 3 is 2.55 bits per heavy atom. The van der Waals surface area contributed by atoms with Gasteiger partial charge in [-0.1, -0.05) is 42.5 Å². The highest BCUT2D eigenvalue weighted by Gasteiger charge is 2.64. The third-order valence-corrected chi connectivity index (χ3v) is 7.64. The summed E-state index contributed by atoms with van der Waals surface area (Å²) in [5.74, 6) is -2.21. The van der Waals surface area contributed by atoms with E-state index in [0.717, 1.165) is 16.2 Å². The van der Waals surface area contributed by atoms with Gasteiger partial charge in [0.1, 0.15) is 6.04 Å². The number of hydrogen-bond acceptors (Lipinski definition) is 8. The molecule has 3 aromatic carbocycles. The van der Waals surface area contributed by atoms with Crippen LogP contribution in [0.3, 0.4) is 0 Å². The minimum Gasteiger partial charge on any atom is -0.454 e. The lowest BCUT2D eigenvalue weighted by atomic mass is 9.86. The quantitative estimate of drug-likeness (QED) is 0.227. The van der Waals surface area contributed by atoms with Crippen LogP contribution in [0.25, 0.3) is 6.08 Å². The maximum Gasteiger partial charge on any atom is 0.270 e. The Labute approximate surface area is 215 Å². The third-order valence-electron chi connectivity index (χ3n) is 7.64. The summed E-state index contributed by atoms with van der Waals surface area (Å²) in [6.45, 7) is 0.0486. The zero-order chi connectivity index (χ0) is 26.1. The van der Waals surface area contributed by atoms with Crippen LogP contribution in [0.4, 0.5) is 17.1 Å². The molecule has 2 saturated heterocycles. The summed E-state index contributed by atoms with van der Waals surface area (Å²) < 4.78 is 10.8. The van der Waals surface area contributed by atoms with Crippen molar-refractivity contribution in [3.05, 3.63) is 94.0 Å². The molecule has 10 nitrogen and oxygen atoms in total. The number of ketones is 1. The van der Waals surface area contributed by atoms with Crippen LogP contribution in [0.2, 0.25) is 0 Å². The number of ether oxygens (including phenoxy) is 2. The predicted octanol–water partition coefficient (Wildman–Crippen LogP) is 3.60. The molecule has 4 aliphatic heterocycles. The van der Waals surface area contributed by atoms with E-state index in [4.69, 9.17) is 9.47 Å². The predicted molar refractivity (Wildman–Crippen MR) is 135 cm³/mol. The summed E-state index contributed by atoms with van der Waals surface area (Å²) >= 11 is 0. The summed E-state index contributed by atoms with van der Waals surface area (Å²) in [6, 6.07) is 16.2. The van der Waals surface area contributed by atoms with Crippen LogP contribution in [-0.4, -0.2) is 41.4 Å². The van der Waals surface area contributed by atoms with E-state index in [1.165, 1.54) is 24.3 Å². The fourth-order valence-electron chi connectivity index (χ4n) is 6.04. The molecule has 2 amide bonds. The second-order valence-electron chi connectivity index (χ2n) is 9.53. The number of nitro benzene ring substituents is 1. The molecule has 0 N–H and O–H groups in total. The number of imide groups is 1. The minimum absolute atomic E-state index is 0.0486. The number of para-hydroxylation sites is 1. The largest absolute Gasteiger partial charge is 0.454 e. The molecule has 0 saturated carbocycles. The molecule has 0 unspecified atom stereocenters. The van der Waals surface area contributed by atoms with Gasteiger partial charge in [0.2, 0.25) is 18.6 Å². The maximum absolute atomic E-state index is 14.1. The van der Waals surface area contributed by atoms with E-state index in [-0.39, 0.29) is 18.0 Å². The second-order valence-corrected chi connectivity index (χ2v) is 9.53. The van der Waals surface area contributed by atoms with E-state index in [1.807, 2.05) is 41.3 Å². The zero-order valence-electron chi connectivity index (χ0n) is 19.7. The number of anilines is 2. The SMILES string of the molecule is O=C(c1cccc([N+](=O)[O-])c1)[C@@H]1[C@@H]2C(=O)N(c3ccc4c(c3)OCO4)C(=O)[C@H]2[C@@H]2C=Cc3ccccc3N12. The normalized spacial score (nSPS) is 24.3. The average molecular weight is 509 g/mol. The van der Waals surface area contributed by atoms with Crippen molar-refractivity contribution >= 4 is 40.7 Å². The molecule has 4 heterocycles. The number of benzene rings is 3. The van der Waals surface area contributed by atoms with Crippen LogP contribution in [0.15, 0.2) is 72.8 Å². The highest BCUT2D eigenvalue weighted by atomic mass is 16.7. The fraction of sp³-hybridized carbons (Fsp3) is 0.179. The number of nitro groups is 1. The molecule has 0 bridgehead atoms. The van der Waals surface area contributed by atoms with Crippen molar-refractivity contribution in [3.8, 4) is 11.5 Å². The van der Waals surface area contributed by atoms with Gasteiger partial charge < -0.3 is 14.4 Å². The summed E-state index contributed by atoms with van der Waals surface area (Å²) in [5, 5.41) is 11.4. The van der Waals surface area contributed by atoms with Gasteiger partial charge in [0.25, 0.3) is 5.69 Å². The minimum atomic E-state index is -1.03. The number of nitrogens with zero attached hydrogens (tertiary/aromatic N) is 3. The highest BCUT2D eigenvalue weighted by Crippen LogP contribution is 2.50. The van der Waals surface area contributed by atoms with Gasteiger partial charge >= 0.3 is 0 Å². The molecule has 0 radical (unpaired) electrons. The van der Waals surface area contributed by atoms with E-state index >= 15 is 0 Å². The molecule has 0 spiro atoms. The van der Waals surface area contributed by atoms with Crippen LogP contribution in [0, 0.1) is 22.0 Å². The van der Waals surface area contributed by atoms with Gasteiger partial charge in [-0.15, -0.1) is 0 Å². The number of fused-ring (bicyclic) bond motifs is 6. The van der Waals surface area contributed by atoms with Crippen molar-refractivity contribution < 1.29 is 28.8 Å². The lowest BCUT2D eigenvalue weighted by Crippen LogP contribution is -2.48. The molecule has 7 rings (SSSR count). The first-order chi connectivity index (χ1) is 18.4. The summed E-state index contributed by atoms with van der Waals surface area (Å²) in [5.41, 5.74) is 1.81. The standard InChI is InChI=1S/C28H19N3O7/c32-26(16-5-3-6-18(12-16)31(35)36)25-24-23(20-10-8-15-4-1-2-7-19(15)30(20)25)27(33)29(28(24)34)17-9-11-21-22(13-17)38-14-37-21/h1-13,20,23-25H,14H2/t20-,23-,24+,25-/m0/s1. The van der Waals surface area contributed by atoms with Crippen LogP contribution >= 0.6 is 0 Å². The number of rotatable bonds is 4. The average Bonchev–Trinajstić information content (AvgIpc) is 3.61. The van der Waals surface area contributed by atoms with Crippen molar-refractivity contribution in [3.63, 3.8) is 0 Å².